The SMILES string of the molecule is COc1ccc(Cl)cc1NC(=O)CN(C)C(=O)CN(C)S(=O)(=O)c1ccc(C#N)cc1. The van der Waals surface area contributed by atoms with Crippen molar-refractivity contribution >= 4 is 39.1 Å². The van der Waals surface area contributed by atoms with Gasteiger partial charge in [0.25, 0.3) is 0 Å². The Morgan fingerprint density at radius 1 is 1.13 bits per heavy atom. The van der Waals surface area contributed by atoms with E-state index >= 15 is 0 Å². The summed E-state index contributed by atoms with van der Waals surface area (Å²) >= 11 is 5.93. The number of amides is 2. The summed E-state index contributed by atoms with van der Waals surface area (Å²) in [5, 5.41) is 11.8. The minimum atomic E-state index is -3.94. The van der Waals surface area contributed by atoms with E-state index in [4.69, 9.17) is 21.6 Å². The predicted molar refractivity (Wildman–Crippen MR) is 115 cm³/mol. The Bertz CT molecular complexity index is 1110. The lowest BCUT2D eigenvalue weighted by atomic mass is 10.2. The number of hydrogen-bond donors (Lipinski definition) is 1. The van der Waals surface area contributed by atoms with Crippen LogP contribution in [-0.4, -0.2) is 63.7 Å². The molecule has 11 heteroatoms. The molecular formula is C20H21ClN4O5S. The zero-order valence-corrected chi connectivity index (χ0v) is 18.7. The highest BCUT2D eigenvalue weighted by molar-refractivity contribution is 7.89. The molecule has 0 atom stereocenters. The lowest BCUT2D eigenvalue weighted by Gasteiger charge is -2.22. The molecule has 0 aliphatic heterocycles. The molecule has 0 heterocycles. The number of nitriles is 1. The van der Waals surface area contributed by atoms with Crippen molar-refractivity contribution in [3.05, 3.63) is 53.1 Å². The fourth-order valence-electron chi connectivity index (χ4n) is 2.55. The molecule has 0 spiro atoms. The second-order valence-electron chi connectivity index (χ2n) is 6.54. The highest BCUT2D eigenvalue weighted by Gasteiger charge is 2.25. The van der Waals surface area contributed by atoms with Crippen LogP contribution in [0.2, 0.25) is 5.02 Å². The third-order valence-corrected chi connectivity index (χ3v) is 6.34. The van der Waals surface area contributed by atoms with Gasteiger partial charge in [0.05, 0.1) is 42.4 Å². The zero-order valence-electron chi connectivity index (χ0n) is 17.1. The van der Waals surface area contributed by atoms with E-state index in [1.54, 1.807) is 12.1 Å². The quantitative estimate of drug-likeness (QED) is 0.637. The van der Waals surface area contributed by atoms with Crippen LogP contribution in [0, 0.1) is 11.3 Å². The van der Waals surface area contributed by atoms with Gasteiger partial charge in [-0.1, -0.05) is 11.6 Å². The monoisotopic (exact) mass is 464 g/mol. The van der Waals surface area contributed by atoms with Gasteiger partial charge in [-0.3, -0.25) is 9.59 Å². The van der Waals surface area contributed by atoms with Crippen molar-refractivity contribution in [2.24, 2.45) is 0 Å². The molecule has 0 bridgehead atoms. The standard InChI is InChI=1S/C20H21ClN4O5S/c1-24(12-19(26)23-17-10-15(21)6-9-18(17)30-3)20(27)13-25(2)31(28,29)16-7-4-14(11-22)5-8-16/h4-10H,12-13H2,1-3H3,(H,23,26). The third kappa shape index (κ3) is 6.18. The van der Waals surface area contributed by atoms with Crippen molar-refractivity contribution in [1.29, 1.82) is 5.26 Å². The number of ether oxygens (including phenoxy) is 1. The van der Waals surface area contributed by atoms with Crippen LogP contribution in [0.1, 0.15) is 5.56 Å². The predicted octanol–water partition coefficient (Wildman–Crippen LogP) is 1.94. The van der Waals surface area contributed by atoms with Gasteiger partial charge in [-0.25, -0.2) is 8.42 Å². The van der Waals surface area contributed by atoms with Crippen LogP contribution >= 0.6 is 11.6 Å². The van der Waals surface area contributed by atoms with Crippen LogP contribution in [-0.2, 0) is 19.6 Å². The van der Waals surface area contributed by atoms with Gasteiger partial charge in [-0.2, -0.15) is 9.57 Å². The number of nitrogens with zero attached hydrogens (tertiary/aromatic N) is 3. The first-order chi connectivity index (χ1) is 14.6. The molecule has 1 N–H and O–H groups in total. The van der Waals surface area contributed by atoms with Crippen molar-refractivity contribution in [2.45, 2.75) is 4.90 Å². The summed E-state index contributed by atoms with van der Waals surface area (Å²) in [6.07, 6.45) is 0. The summed E-state index contributed by atoms with van der Waals surface area (Å²) in [4.78, 5) is 25.8. The summed E-state index contributed by atoms with van der Waals surface area (Å²) in [5.74, 6) is -0.679. The van der Waals surface area contributed by atoms with E-state index in [1.165, 1.54) is 51.5 Å². The summed E-state index contributed by atoms with van der Waals surface area (Å²) in [6, 6.07) is 12.0. The Morgan fingerprint density at radius 3 is 2.35 bits per heavy atom. The van der Waals surface area contributed by atoms with Crippen molar-refractivity contribution < 1.29 is 22.7 Å². The second-order valence-corrected chi connectivity index (χ2v) is 9.02. The van der Waals surface area contributed by atoms with Gasteiger partial charge in [0.15, 0.2) is 0 Å². The molecule has 0 fully saturated rings. The van der Waals surface area contributed by atoms with Crippen LogP contribution in [0.5, 0.6) is 5.75 Å². The van der Waals surface area contributed by atoms with E-state index < -0.39 is 28.4 Å². The molecular weight excluding hydrogens is 444 g/mol. The molecule has 0 saturated heterocycles. The number of methoxy groups -OCH3 is 1. The van der Waals surface area contributed by atoms with Crippen molar-refractivity contribution in [3.8, 4) is 11.8 Å². The van der Waals surface area contributed by atoms with Crippen molar-refractivity contribution in [3.63, 3.8) is 0 Å². The average Bonchev–Trinajstić information content (AvgIpc) is 2.73. The maximum atomic E-state index is 12.6. The Balaban J connectivity index is 2.00. The Hall–Kier alpha value is -3.13. The average molecular weight is 465 g/mol. The van der Waals surface area contributed by atoms with Crippen LogP contribution in [0.15, 0.2) is 47.4 Å². The van der Waals surface area contributed by atoms with Gasteiger partial charge in [0, 0.05) is 19.1 Å². The molecule has 2 rings (SSSR count). The summed E-state index contributed by atoms with van der Waals surface area (Å²) < 4.78 is 31.3. The summed E-state index contributed by atoms with van der Waals surface area (Å²) in [5.41, 5.74) is 0.668. The van der Waals surface area contributed by atoms with Gasteiger partial charge >= 0.3 is 0 Å². The van der Waals surface area contributed by atoms with Crippen LogP contribution in [0.3, 0.4) is 0 Å². The number of rotatable bonds is 8. The molecule has 31 heavy (non-hydrogen) atoms. The van der Waals surface area contributed by atoms with E-state index in [-0.39, 0.29) is 11.4 Å². The normalized spacial score (nSPS) is 11.0. The van der Waals surface area contributed by atoms with Gasteiger partial charge in [-0.05, 0) is 42.5 Å². The lowest BCUT2D eigenvalue weighted by molar-refractivity contribution is -0.133. The topological polar surface area (TPSA) is 120 Å². The number of carbonyl (C=O) groups is 2. The largest absolute Gasteiger partial charge is 0.495 e. The first kappa shape index (κ1) is 24.1. The maximum absolute atomic E-state index is 12.6. The third-order valence-electron chi connectivity index (χ3n) is 4.29. The first-order valence-electron chi connectivity index (χ1n) is 8.92. The molecule has 9 nitrogen and oxygen atoms in total. The number of nitrogens with one attached hydrogen (secondary N) is 1. The molecule has 164 valence electrons. The number of hydrogen-bond acceptors (Lipinski definition) is 6. The molecule has 0 aliphatic rings. The summed E-state index contributed by atoms with van der Waals surface area (Å²) in [6.45, 7) is -0.772. The zero-order chi connectivity index (χ0) is 23.2. The fraction of sp³-hybridized carbons (Fsp3) is 0.250. The van der Waals surface area contributed by atoms with E-state index in [9.17, 15) is 18.0 Å². The van der Waals surface area contributed by atoms with E-state index in [1.807, 2.05) is 6.07 Å². The van der Waals surface area contributed by atoms with Gasteiger partial charge in [-0.15, -0.1) is 0 Å². The first-order valence-corrected chi connectivity index (χ1v) is 10.7. The Kier molecular flexibility index (Phi) is 7.99. The number of benzene rings is 2. The molecule has 0 radical (unpaired) electrons. The maximum Gasteiger partial charge on any atom is 0.244 e. The van der Waals surface area contributed by atoms with E-state index in [0.717, 1.165) is 9.21 Å². The van der Waals surface area contributed by atoms with Crippen molar-refractivity contribution in [1.82, 2.24) is 9.21 Å². The highest BCUT2D eigenvalue weighted by Crippen LogP contribution is 2.27. The lowest BCUT2D eigenvalue weighted by Crippen LogP contribution is -2.42. The minimum Gasteiger partial charge on any atom is -0.495 e. The molecule has 2 aromatic carbocycles. The number of anilines is 1. The number of halogens is 1. The number of carbonyl (C=O) groups excluding carboxylic acids is 2. The number of likely N-dealkylation sites (N-methyl/N-ethyl adjacent to an activating group) is 2. The highest BCUT2D eigenvalue weighted by atomic mass is 35.5. The Morgan fingerprint density at radius 2 is 1.77 bits per heavy atom. The molecule has 0 aliphatic carbocycles. The molecule has 0 aromatic heterocycles. The molecule has 2 amide bonds. The smallest absolute Gasteiger partial charge is 0.244 e. The van der Waals surface area contributed by atoms with E-state index in [0.29, 0.717) is 22.0 Å². The van der Waals surface area contributed by atoms with Gasteiger partial charge < -0.3 is 15.0 Å². The Labute approximate surface area is 185 Å². The van der Waals surface area contributed by atoms with Gasteiger partial charge in [0.2, 0.25) is 21.8 Å². The minimum absolute atomic E-state index is 0.0461. The van der Waals surface area contributed by atoms with Crippen LogP contribution < -0.4 is 10.1 Å². The van der Waals surface area contributed by atoms with E-state index in [2.05, 4.69) is 5.32 Å². The van der Waals surface area contributed by atoms with Crippen molar-refractivity contribution in [2.75, 3.05) is 39.6 Å². The molecule has 0 unspecified atom stereocenters. The number of sulfonamides is 1. The van der Waals surface area contributed by atoms with Crippen LogP contribution in [0.25, 0.3) is 0 Å². The molecule has 2 aromatic rings. The fourth-order valence-corrected chi connectivity index (χ4v) is 3.84. The van der Waals surface area contributed by atoms with Crippen LogP contribution in [0.4, 0.5) is 5.69 Å². The second kappa shape index (κ2) is 10.3. The van der Waals surface area contributed by atoms with Gasteiger partial charge in [0.1, 0.15) is 5.75 Å². The summed E-state index contributed by atoms with van der Waals surface area (Å²) in [7, 11) is 0.153. The molecule has 0 saturated carbocycles.